The second-order valence-corrected chi connectivity index (χ2v) is 6.19. The molecule has 1 atom stereocenters. The van der Waals surface area contributed by atoms with Crippen LogP contribution in [0.5, 0.6) is 0 Å². The molecule has 0 heterocycles. The lowest BCUT2D eigenvalue weighted by Gasteiger charge is -2.13. The molecule has 0 bridgehead atoms. The van der Waals surface area contributed by atoms with Gasteiger partial charge in [-0.05, 0) is 36.6 Å². The fraction of sp³-hybridized carbons (Fsp3) is 0.250. The minimum absolute atomic E-state index is 0.0566. The Kier molecular flexibility index (Phi) is 5.46. The van der Waals surface area contributed by atoms with E-state index in [1.165, 1.54) is 16.5 Å². The van der Waals surface area contributed by atoms with E-state index in [-0.39, 0.29) is 16.9 Å². The van der Waals surface area contributed by atoms with E-state index in [1.54, 1.807) is 17.8 Å². The molecule has 0 radical (unpaired) electrons. The summed E-state index contributed by atoms with van der Waals surface area (Å²) in [6.07, 6.45) is 0.579. The van der Waals surface area contributed by atoms with Crippen LogP contribution in [-0.4, -0.2) is 11.8 Å². The Morgan fingerprint density at radius 3 is 2.70 bits per heavy atom. The molecular formula is C16H17ClFNS. The summed E-state index contributed by atoms with van der Waals surface area (Å²) in [4.78, 5) is 1.23. The van der Waals surface area contributed by atoms with Crippen molar-refractivity contribution in [1.82, 2.24) is 0 Å². The summed E-state index contributed by atoms with van der Waals surface area (Å²) in [6.45, 7) is 2.08. The molecule has 0 aliphatic rings. The van der Waals surface area contributed by atoms with Crippen molar-refractivity contribution in [2.75, 3.05) is 5.75 Å². The number of thioether (sulfide) groups is 1. The zero-order valence-corrected chi connectivity index (χ0v) is 12.8. The first-order valence-corrected chi connectivity index (χ1v) is 7.81. The number of hydrogen-bond donors (Lipinski definition) is 1. The number of aryl methyl sites for hydroxylation is 1. The smallest absolute Gasteiger partial charge is 0.142 e. The fourth-order valence-electron chi connectivity index (χ4n) is 1.96. The monoisotopic (exact) mass is 309 g/mol. The number of halogens is 2. The van der Waals surface area contributed by atoms with Crippen LogP contribution in [-0.2, 0) is 6.42 Å². The van der Waals surface area contributed by atoms with Gasteiger partial charge in [-0.3, -0.25) is 0 Å². The predicted molar refractivity (Wildman–Crippen MR) is 85.0 cm³/mol. The Labute approximate surface area is 128 Å². The van der Waals surface area contributed by atoms with E-state index in [9.17, 15) is 4.39 Å². The van der Waals surface area contributed by atoms with Crippen LogP contribution in [0.3, 0.4) is 0 Å². The van der Waals surface area contributed by atoms with E-state index in [2.05, 4.69) is 19.1 Å². The Bertz CT molecular complexity index is 588. The number of rotatable bonds is 5. The summed E-state index contributed by atoms with van der Waals surface area (Å²) in [7, 11) is 0. The highest BCUT2D eigenvalue weighted by molar-refractivity contribution is 7.99. The molecule has 4 heteroatoms. The van der Waals surface area contributed by atoms with Gasteiger partial charge in [-0.25, -0.2) is 4.39 Å². The van der Waals surface area contributed by atoms with Gasteiger partial charge in [0, 0.05) is 16.7 Å². The second-order valence-electron chi connectivity index (χ2n) is 4.75. The average molecular weight is 310 g/mol. The van der Waals surface area contributed by atoms with Crippen molar-refractivity contribution in [2.45, 2.75) is 24.3 Å². The van der Waals surface area contributed by atoms with Crippen LogP contribution < -0.4 is 5.73 Å². The number of nitrogens with two attached hydrogens (primary N) is 1. The molecule has 0 saturated carbocycles. The summed E-state index contributed by atoms with van der Waals surface area (Å²) in [5.41, 5.74) is 8.13. The van der Waals surface area contributed by atoms with E-state index >= 15 is 0 Å². The maximum Gasteiger partial charge on any atom is 0.142 e. The Morgan fingerprint density at radius 1 is 1.20 bits per heavy atom. The molecule has 0 aliphatic heterocycles. The van der Waals surface area contributed by atoms with Gasteiger partial charge in [0.05, 0.1) is 5.02 Å². The van der Waals surface area contributed by atoms with Crippen LogP contribution in [0, 0.1) is 12.7 Å². The van der Waals surface area contributed by atoms with Crippen molar-refractivity contribution >= 4 is 23.4 Å². The molecule has 0 aliphatic carbocycles. The first kappa shape index (κ1) is 15.4. The van der Waals surface area contributed by atoms with Crippen LogP contribution in [0.15, 0.2) is 47.4 Å². The van der Waals surface area contributed by atoms with Gasteiger partial charge in [-0.15, -0.1) is 11.8 Å². The highest BCUT2D eigenvalue weighted by atomic mass is 35.5. The molecule has 2 rings (SSSR count). The first-order valence-electron chi connectivity index (χ1n) is 6.45. The van der Waals surface area contributed by atoms with Crippen molar-refractivity contribution in [3.05, 3.63) is 64.4 Å². The summed E-state index contributed by atoms with van der Waals surface area (Å²) in [5, 5.41) is 0.184. The molecule has 0 fully saturated rings. The van der Waals surface area contributed by atoms with E-state index in [0.717, 1.165) is 11.3 Å². The standard InChI is InChI=1S/C16H17ClFNS/c1-11-5-2-3-8-15(11)20-10-13(19)9-12-6-4-7-14(18)16(12)17/h2-8,13H,9-10,19H2,1H3. The largest absolute Gasteiger partial charge is 0.327 e. The molecular weight excluding hydrogens is 293 g/mol. The Hall–Kier alpha value is -1.03. The van der Waals surface area contributed by atoms with E-state index in [1.807, 2.05) is 18.2 Å². The highest BCUT2D eigenvalue weighted by Gasteiger charge is 2.11. The van der Waals surface area contributed by atoms with Crippen LogP contribution in [0.2, 0.25) is 5.02 Å². The molecule has 2 aromatic carbocycles. The molecule has 0 amide bonds. The third-order valence-corrected chi connectivity index (χ3v) is 4.85. The zero-order valence-electron chi connectivity index (χ0n) is 11.3. The Morgan fingerprint density at radius 2 is 1.95 bits per heavy atom. The molecule has 0 saturated heterocycles. The topological polar surface area (TPSA) is 26.0 Å². The second kappa shape index (κ2) is 7.11. The van der Waals surface area contributed by atoms with Crippen molar-refractivity contribution < 1.29 is 4.39 Å². The summed E-state index contributed by atoms with van der Waals surface area (Å²) < 4.78 is 13.4. The van der Waals surface area contributed by atoms with Gasteiger partial charge in [0.1, 0.15) is 5.82 Å². The van der Waals surface area contributed by atoms with Gasteiger partial charge < -0.3 is 5.73 Å². The third kappa shape index (κ3) is 3.98. The number of benzene rings is 2. The molecule has 1 nitrogen and oxygen atoms in total. The maximum absolute atomic E-state index is 13.4. The maximum atomic E-state index is 13.4. The van der Waals surface area contributed by atoms with Crippen molar-refractivity contribution in [1.29, 1.82) is 0 Å². The Balaban J connectivity index is 1.94. The average Bonchev–Trinajstić information content (AvgIpc) is 2.43. The van der Waals surface area contributed by atoms with E-state index < -0.39 is 0 Å². The zero-order chi connectivity index (χ0) is 14.5. The normalized spacial score (nSPS) is 12.4. The molecule has 2 N–H and O–H groups in total. The summed E-state index contributed by atoms with van der Waals surface area (Å²) in [5.74, 6) is 0.389. The molecule has 106 valence electrons. The molecule has 0 spiro atoms. The van der Waals surface area contributed by atoms with Gasteiger partial charge in [0.2, 0.25) is 0 Å². The minimum atomic E-state index is -0.386. The van der Waals surface area contributed by atoms with E-state index in [4.69, 9.17) is 17.3 Å². The van der Waals surface area contributed by atoms with E-state index in [0.29, 0.717) is 6.42 Å². The van der Waals surface area contributed by atoms with Crippen molar-refractivity contribution in [3.8, 4) is 0 Å². The molecule has 0 aromatic heterocycles. The van der Waals surface area contributed by atoms with Crippen molar-refractivity contribution in [2.24, 2.45) is 5.73 Å². The SMILES string of the molecule is Cc1ccccc1SCC(N)Cc1cccc(F)c1Cl. The summed E-state index contributed by atoms with van der Waals surface area (Å²) in [6, 6.07) is 13.0. The summed E-state index contributed by atoms with van der Waals surface area (Å²) >= 11 is 7.66. The van der Waals surface area contributed by atoms with Crippen LogP contribution in [0.4, 0.5) is 4.39 Å². The molecule has 2 aromatic rings. The predicted octanol–water partition coefficient (Wildman–Crippen LogP) is 4.45. The molecule has 1 unspecified atom stereocenters. The fourth-order valence-corrected chi connectivity index (χ4v) is 3.15. The van der Waals surface area contributed by atoms with Gasteiger partial charge in [0.15, 0.2) is 0 Å². The lowest BCUT2D eigenvalue weighted by atomic mass is 10.1. The molecule has 20 heavy (non-hydrogen) atoms. The van der Waals surface area contributed by atoms with Gasteiger partial charge in [-0.1, -0.05) is 41.9 Å². The lowest BCUT2D eigenvalue weighted by molar-refractivity contribution is 0.623. The number of hydrogen-bond acceptors (Lipinski definition) is 2. The highest BCUT2D eigenvalue weighted by Crippen LogP contribution is 2.25. The van der Waals surface area contributed by atoms with Crippen LogP contribution in [0.25, 0.3) is 0 Å². The lowest BCUT2D eigenvalue weighted by Crippen LogP contribution is -2.25. The van der Waals surface area contributed by atoms with Crippen LogP contribution in [0.1, 0.15) is 11.1 Å². The van der Waals surface area contributed by atoms with Gasteiger partial charge in [0.25, 0.3) is 0 Å². The minimum Gasteiger partial charge on any atom is -0.327 e. The quantitative estimate of drug-likeness (QED) is 0.826. The van der Waals surface area contributed by atoms with Gasteiger partial charge in [-0.2, -0.15) is 0 Å². The van der Waals surface area contributed by atoms with Crippen molar-refractivity contribution in [3.63, 3.8) is 0 Å². The third-order valence-electron chi connectivity index (χ3n) is 3.06. The first-order chi connectivity index (χ1) is 9.58. The van der Waals surface area contributed by atoms with Crippen LogP contribution >= 0.6 is 23.4 Å². The van der Waals surface area contributed by atoms with Gasteiger partial charge >= 0.3 is 0 Å².